The van der Waals surface area contributed by atoms with E-state index in [0.29, 0.717) is 24.5 Å². The highest BCUT2D eigenvalue weighted by molar-refractivity contribution is 7.80. The van der Waals surface area contributed by atoms with Gasteiger partial charge in [0.15, 0.2) is 5.11 Å². The first kappa shape index (κ1) is 24.4. The van der Waals surface area contributed by atoms with Gasteiger partial charge in [-0.2, -0.15) is 0 Å². The van der Waals surface area contributed by atoms with Crippen LogP contribution in [0.25, 0.3) is 0 Å². The molecule has 6 heteroatoms. The third kappa shape index (κ3) is 7.76. The molecule has 1 aliphatic carbocycles. The van der Waals surface area contributed by atoms with Gasteiger partial charge in [0, 0.05) is 18.9 Å². The number of hydrazine groups is 1. The van der Waals surface area contributed by atoms with Crippen LogP contribution in [-0.4, -0.2) is 28.8 Å². The average molecular weight is 408 g/mol. The molecule has 0 aromatic carbocycles. The third-order valence-corrected chi connectivity index (χ3v) is 5.10. The summed E-state index contributed by atoms with van der Waals surface area (Å²) in [6.45, 7) is 17.1. The van der Waals surface area contributed by atoms with Crippen LogP contribution in [0.4, 0.5) is 0 Å². The van der Waals surface area contributed by atoms with Crippen LogP contribution < -0.4 is 16.2 Å². The Bertz CT molecular complexity index is 639. The number of aliphatic hydroxyl groups excluding tert-OH is 1. The quantitative estimate of drug-likeness (QED) is 0.233. The highest BCUT2D eigenvalue weighted by Gasteiger charge is 2.37. The molecule has 0 saturated heterocycles. The first-order chi connectivity index (χ1) is 12.9. The fraction of sp³-hybridized carbons (Fsp3) is 0.636. The second kappa shape index (κ2) is 10.2. The summed E-state index contributed by atoms with van der Waals surface area (Å²) in [6, 6.07) is 0. The SMILES string of the molecule is C=CCCNC(=S)NNC(=O)CCC1=CC(C(C)(C)C)C(O)C(C(C)(C)C)=C1. The van der Waals surface area contributed by atoms with E-state index in [0.717, 1.165) is 17.6 Å². The van der Waals surface area contributed by atoms with Gasteiger partial charge in [0.1, 0.15) is 0 Å². The normalized spacial score (nSPS) is 20.0. The number of carbonyl (C=O) groups is 1. The standard InChI is InChI=1S/C22H37N3O2S/c1-8-9-12-23-20(28)25-24-18(26)11-10-15-13-16(21(2,3)4)19(27)17(14-15)22(5,6)7/h8,13-14,16,19,27H,1,9-12H2,2-7H3,(H,24,26)(H2,23,25,28). The predicted octanol–water partition coefficient (Wildman–Crippen LogP) is 3.77. The van der Waals surface area contributed by atoms with Crippen molar-refractivity contribution in [2.24, 2.45) is 16.7 Å². The van der Waals surface area contributed by atoms with Gasteiger partial charge < -0.3 is 10.4 Å². The van der Waals surface area contributed by atoms with Crippen molar-refractivity contribution in [1.82, 2.24) is 16.2 Å². The van der Waals surface area contributed by atoms with Crippen LogP contribution in [0.1, 0.15) is 60.8 Å². The van der Waals surface area contributed by atoms with Crippen molar-refractivity contribution >= 4 is 23.2 Å². The van der Waals surface area contributed by atoms with Gasteiger partial charge in [0.2, 0.25) is 5.91 Å². The molecule has 4 N–H and O–H groups in total. The minimum atomic E-state index is -0.502. The van der Waals surface area contributed by atoms with Crippen LogP contribution in [0.5, 0.6) is 0 Å². The number of hydrogen-bond acceptors (Lipinski definition) is 3. The zero-order chi connectivity index (χ0) is 21.5. The molecular weight excluding hydrogens is 370 g/mol. The second-order valence-corrected chi connectivity index (χ2v) is 9.84. The summed E-state index contributed by atoms with van der Waals surface area (Å²) >= 11 is 5.10. The molecule has 0 aliphatic heterocycles. The first-order valence-corrected chi connectivity index (χ1v) is 10.3. The van der Waals surface area contributed by atoms with E-state index < -0.39 is 6.10 Å². The molecular formula is C22H37N3O2S. The number of hydrogen-bond donors (Lipinski definition) is 4. The smallest absolute Gasteiger partial charge is 0.238 e. The summed E-state index contributed by atoms with van der Waals surface area (Å²) in [5, 5.41) is 14.3. The summed E-state index contributed by atoms with van der Waals surface area (Å²) in [5.41, 5.74) is 7.26. The van der Waals surface area contributed by atoms with Gasteiger partial charge >= 0.3 is 0 Å². The molecule has 0 fully saturated rings. The van der Waals surface area contributed by atoms with E-state index >= 15 is 0 Å². The van der Waals surface area contributed by atoms with Crippen LogP contribution in [0.3, 0.4) is 0 Å². The van der Waals surface area contributed by atoms with E-state index in [9.17, 15) is 9.90 Å². The number of amides is 1. The largest absolute Gasteiger partial charge is 0.388 e. The van der Waals surface area contributed by atoms with Gasteiger partial charge in [0.25, 0.3) is 0 Å². The molecule has 0 aromatic rings. The maximum Gasteiger partial charge on any atom is 0.238 e. The van der Waals surface area contributed by atoms with Crippen molar-refractivity contribution in [3.8, 4) is 0 Å². The predicted molar refractivity (Wildman–Crippen MR) is 120 cm³/mol. The summed E-state index contributed by atoms with van der Waals surface area (Å²) in [5.74, 6) is -0.109. The molecule has 5 nitrogen and oxygen atoms in total. The summed E-state index contributed by atoms with van der Waals surface area (Å²) in [4.78, 5) is 12.2. The fourth-order valence-corrected chi connectivity index (χ4v) is 3.32. The Hall–Kier alpha value is -1.66. The van der Waals surface area contributed by atoms with Crippen LogP contribution in [0.2, 0.25) is 0 Å². The topological polar surface area (TPSA) is 73.4 Å². The molecule has 0 aromatic heterocycles. The summed E-state index contributed by atoms with van der Waals surface area (Å²) in [6.07, 6.45) is 7.24. The Kier molecular flexibility index (Phi) is 8.89. The van der Waals surface area contributed by atoms with E-state index in [-0.39, 0.29) is 22.7 Å². The lowest BCUT2D eigenvalue weighted by Gasteiger charge is -2.40. The Labute approximate surface area is 175 Å². The first-order valence-electron chi connectivity index (χ1n) is 9.90. The van der Waals surface area contributed by atoms with Gasteiger partial charge in [-0.1, -0.05) is 65.3 Å². The maximum atomic E-state index is 12.2. The number of carbonyl (C=O) groups excluding carboxylic acids is 1. The van der Waals surface area contributed by atoms with E-state index in [1.54, 1.807) is 6.08 Å². The van der Waals surface area contributed by atoms with Crippen molar-refractivity contribution in [3.63, 3.8) is 0 Å². The Balaban J connectivity index is 2.70. The minimum Gasteiger partial charge on any atom is -0.388 e. The molecule has 1 rings (SSSR count). The fourth-order valence-electron chi connectivity index (χ4n) is 3.17. The van der Waals surface area contributed by atoms with Gasteiger partial charge in [-0.15, -0.1) is 6.58 Å². The third-order valence-electron chi connectivity index (χ3n) is 4.85. The summed E-state index contributed by atoms with van der Waals surface area (Å²) in [7, 11) is 0. The molecule has 0 spiro atoms. The van der Waals surface area contributed by atoms with Crippen molar-refractivity contribution in [2.45, 2.75) is 66.9 Å². The average Bonchev–Trinajstić information content (AvgIpc) is 2.57. The number of aliphatic hydroxyl groups is 1. The van der Waals surface area contributed by atoms with Crippen LogP contribution in [-0.2, 0) is 4.79 Å². The Morgan fingerprint density at radius 1 is 1.25 bits per heavy atom. The molecule has 158 valence electrons. The van der Waals surface area contributed by atoms with E-state index in [2.05, 4.69) is 76.4 Å². The van der Waals surface area contributed by atoms with Crippen LogP contribution >= 0.6 is 12.2 Å². The van der Waals surface area contributed by atoms with Gasteiger partial charge in [-0.05, 0) is 41.5 Å². The molecule has 0 saturated carbocycles. The molecule has 1 amide bonds. The lowest BCUT2D eigenvalue weighted by atomic mass is 9.67. The zero-order valence-corrected chi connectivity index (χ0v) is 19.0. The Morgan fingerprint density at radius 3 is 2.43 bits per heavy atom. The molecule has 2 unspecified atom stereocenters. The molecule has 0 radical (unpaired) electrons. The molecule has 0 bridgehead atoms. The van der Waals surface area contributed by atoms with E-state index in [1.807, 2.05) is 0 Å². The van der Waals surface area contributed by atoms with E-state index in [4.69, 9.17) is 12.2 Å². The zero-order valence-electron chi connectivity index (χ0n) is 18.2. The van der Waals surface area contributed by atoms with E-state index in [1.165, 1.54) is 0 Å². The van der Waals surface area contributed by atoms with Crippen molar-refractivity contribution in [2.75, 3.05) is 6.54 Å². The van der Waals surface area contributed by atoms with Crippen LogP contribution in [0.15, 0.2) is 36.0 Å². The minimum absolute atomic E-state index is 0.0181. The van der Waals surface area contributed by atoms with Crippen molar-refractivity contribution in [1.29, 1.82) is 0 Å². The number of allylic oxidation sites excluding steroid dienone is 2. The molecule has 2 atom stereocenters. The lowest BCUT2D eigenvalue weighted by molar-refractivity contribution is -0.121. The highest BCUT2D eigenvalue weighted by Crippen LogP contribution is 2.42. The van der Waals surface area contributed by atoms with Crippen molar-refractivity contribution < 1.29 is 9.90 Å². The maximum absolute atomic E-state index is 12.2. The Morgan fingerprint density at radius 2 is 1.89 bits per heavy atom. The monoisotopic (exact) mass is 407 g/mol. The number of nitrogens with one attached hydrogen (secondary N) is 3. The lowest BCUT2D eigenvalue weighted by Crippen LogP contribution is -2.46. The van der Waals surface area contributed by atoms with Gasteiger partial charge in [0.05, 0.1) is 6.10 Å². The molecule has 1 aliphatic rings. The van der Waals surface area contributed by atoms with Gasteiger partial charge in [-0.25, -0.2) is 0 Å². The van der Waals surface area contributed by atoms with Crippen LogP contribution in [0, 0.1) is 16.7 Å². The second-order valence-electron chi connectivity index (χ2n) is 9.43. The number of thiocarbonyl (C=S) groups is 1. The molecule has 28 heavy (non-hydrogen) atoms. The molecule has 0 heterocycles. The van der Waals surface area contributed by atoms with Gasteiger partial charge in [-0.3, -0.25) is 15.6 Å². The van der Waals surface area contributed by atoms with Crippen molar-refractivity contribution in [3.05, 3.63) is 36.0 Å². The number of rotatable bonds is 6. The highest BCUT2D eigenvalue weighted by atomic mass is 32.1. The summed E-state index contributed by atoms with van der Waals surface area (Å²) < 4.78 is 0.